The second kappa shape index (κ2) is 8.28. The average molecular weight is 439 g/mol. The zero-order chi connectivity index (χ0) is 21.4. The largest absolute Gasteiger partial charge is 0.491 e. The molecule has 1 saturated heterocycles. The van der Waals surface area contributed by atoms with Gasteiger partial charge in [-0.3, -0.25) is 0 Å². The Kier molecular flexibility index (Phi) is 5.33. The molecule has 1 aliphatic rings. The van der Waals surface area contributed by atoms with Gasteiger partial charge in [0.1, 0.15) is 11.4 Å². The van der Waals surface area contributed by atoms with Crippen molar-refractivity contribution in [2.24, 2.45) is 0 Å². The van der Waals surface area contributed by atoms with E-state index < -0.39 is 0 Å². The van der Waals surface area contributed by atoms with E-state index in [2.05, 4.69) is 10.1 Å². The van der Waals surface area contributed by atoms with Crippen LogP contribution in [0.15, 0.2) is 42.9 Å². The lowest BCUT2D eigenvalue weighted by atomic mass is 10.1. The van der Waals surface area contributed by atoms with Crippen molar-refractivity contribution >= 4 is 22.5 Å². The van der Waals surface area contributed by atoms with Crippen LogP contribution in [-0.2, 0) is 4.74 Å². The third-order valence-electron chi connectivity index (χ3n) is 5.12. The quantitative estimate of drug-likeness (QED) is 0.444. The Morgan fingerprint density at radius 1 is 1.23 bits per heavy atom. The minimum absolute atomic E-state index is 0.0711. The Bertz CT molecular complexity index is 1210. The van der Waals surface area contributed by atoms with Crippen LogP contribution in [0.25, 0.3) is 28.2 Å². The van der Waals surface area contributed by atoms with Crippen molar-refractivity contribution in [3.8, 4) is 23.1 Å². The summed E-state index contributed by atoms with van der Waals surface area (Å²) in [5, 5.41) is 10.6. The van der Waals surface area contributed by atoms with E-state index in [0.717, 1.165) is 42.5 Å². The topological polar surface area (TPSA) is 79.9 Å². The molecule has 1 aromatic carbocycles. The van der Waals surface area contributed by atoms with Crippen LogP contribution < -0.4 is 4.74 Å². The minimum atomic E-state index is -0.102. The van der Waals surface area contributed by atoms with Gasteiger partial charge in [0, 0.05) is 24.3 Å². The molecule has 0 spiro atoms. The molecule has 0 aliphatic carbocycles. The molecule has 4 aromatic rings. The summed E-state index contributed by atoms with van der Waals surface area (Å²) >= 11 is 6.02. The molecule has 1 fully saturated rings. The van der Waals surface area contributed by atoms with E-state index in [4.69, 9.17) is 31.2 Å². The molecule has 160 valence electrons. The zero-order valence-electron chi connectivity index (χ0n) is 17.4. The molecule has 8 nitrogen and oxygen atoms in total. The van der Waals surface area contributed by atoms with Crippen LogP contribution in [-0.4, -0.2) is 42.2 Å². The summed E-state index contributed by atoms with van der Waals surface area (Å²) in [4.78, 5) is 9.20. The van der Waals surface area contributed by atoms with Gasteiger partial charge in [-0.05, 0) is 51.3 Å². The summed E-state index contributed by atoms with van der Waals surface area (Å²) < 4.78 is 15.5. The minimum Gasteiger partial charge on any atom is -0.491 e. The molecule has 1 unspecified atom stereocenters. The van der Waals surface area contributed by atoms with E-state index in [1.165, 1.54) is 0 Å². The molecule has 9 heteroatoms. The Labute approximate surface area is 184 Å². The van der Waals surface area contributed by atoms with Gasteiger partial charge in [-0.2, -0.15) is 10.2 Å². The molecular weight excluding hydrogens is 416 g/mol. The fraction of sp³-hybridized carbons (Fsp3) is 0.364. The van der Waals surface area contributed by atoms with E-state index in [-0.39, 0.29) is 12.3 Å². The first-order valence-corrected chi connectivity index (χ1v) is 10.8. The van der Waals surface area contributed by atoms with Crippen molar-refractivity contribution in [2.75, 3.05) is 6.61 Å². The van der Waals surface area contributed by atoms with E-state index in [0.29, 0.717) is 22.4 Å². The summed E-state index contributed by atoms with van der Waals surface area (Å²) in [7, 11) is 0. The van der Waals surface area contributed by atoms with Crippen LogP contribution in [0.2, 0.25) is 5.02 Å². The van der Waals surface area contributed by atoms with Gasteiger partial charge in [0.15, 0.2) is 17.9 Å². The lowest BCUT2D eigenvalue weighted by Crippen LogP contribution is -2.19. The smallest absolute Gasteiger partial charge is 0.182 e. The van der Waals surface area contributed by atoms with Gasteiger partial charge in [-0.25, -0.2) is 19.3 Å². The SMILES string of the molecule is CC(C)Oc1ccc2c(c1)c(-c1nccc(-n3cc(Cl)cn3)n1)nn2C1CCCCO1. The number of halogens is 1. The van der Waals surface area contributed by atoms with Gasteiger partial charge in [0.2, 0.25) is 0 Å². The molecule has 4 heterocycles. The summed E-state index contributed by atoms with van der Waals surface area (Å²) in [6.45, 7) is 4.75. The van der Waals surface area contributed by atoms with Crippen molar-refractivity contribution < 1.29 is 9.47 Å². The first-order valence-electron chi connectivity index (χ1n) is 10.4. The van der Waals surface area contributed by atoms with Crippen molar-refractivity contribution in [1.82, 2.24) is 29.5 Å². The first kappa shape index (κ1) is 20.0. The lowest BCUT2D eigenvalue weighted by Gasteiger charge is -2.23. The molecule has 1 aliphatic heterocycles. The third-order valence-corrected chi connectivity index (χ3v) is 5.31. The Morgan fingerprint density at radius 3 is 2.87 bits per heavy atom. The Hall–Kier alpha value is -2.97. The van der Waals surface area contributed by atoms with Crippen LogP contribution >= 0.6 is 11.6 Å². The van der Waals surface area contributed by atoms with Gasteiger partial charge in [-0.15, -0.1) is 0 Å². The summed E-state index contributed by atoms with van der Waals surface area (Å²) in [5.41, 5.74) is 1.65. The summed E-state index contributed by atoms with van der Waals surface area (Å²) in [6, 6.07) is 7.77. The van der Waals surface area contributed by atoms with E-state index in [1.54, 1.807) is 29.3 Å². The molecular formula is C22H23ClN6O2. The predicted molar refractivity (Wildman–Crippen MR) is 117 cm³/mol. The van der Waals surface area contributed by atoms with E-state index in [1.807, 2.05) is 36.7 Å². The van der Waals surface area contributed by atoms with E-state index >= 15 is 0 Å². The molecule has 0 saturated carbocycles. The zero-order valence-corrected chi connectivity index (χ0v) is 18.2. The van der Waals surface area contributed by atoms with Crippen molar-refractivity contribution in [2.45, 2.75) is 45.4 Å². The number of nitrogens with zero attached hydrogens (tertiary/aromatic N) is 6. The number of ether oxygens (including phenoxy) is 2. The predicted octanol–water partition coefficient (Wildman–Crippen LogP) is 4.82. The highest BCUT2D eigenvalue weighted by atomic mass is 35.5. The number of hydrogen-bond acceptors (Lipinski definition) is 6. The standard InChI is InChI=1S/C22H23ClN6O2/c1-14(2)31-16-6-7-18-17(11-16)21(27-29(18)20-5-3-4-10-30-20)22-24-9-8-19(26-22)28-13-15(23)12-25-28/h6-9,11-14,20H,3-5,10H2,1-2H3. The fourth-order valence-corrected chi connectivity index (χ4v) is 3.92. The number of fused-ring (bicyclic) bond motifs is 1. The molecule has 0 bridgehead atoms. The monoisotopic (exact) mass is 438 g/mol. The maximum Gasteiger partial charge on any atom is 0.182 e. The highest BCUT2D eigenvalue weighted by molar-refractivity contribution is 6.30. The highest BCUT2D eigenvalue weighted by Crippen LogP contribution is 2.34. The Morgan fingerprint density at radius 2 is 2.13 bits per heavy atom. The molecule has 3 aromatic heterocycles. The van der Waals surface area contributed by atoms with Gasteiger partial charge in [0.25, 0.3) is 0 Å². The maximum atomic E-state index is 6.02. The summed E-state index contributed by atoms with van der Waals surface area (Å²) in [6.07, 6.45) is 8.06. The average Bonchev–Trinajstić information content (AvgIpc) is 3.38. The number of aromatic nitrogens is 6. The van der Waals surface area contributed by atoms with Crippen molar-refractivity contribution in [1.29, 1.82) is 0 Å². The highest BCUT2D eigenvalue weighted by Gasteiger charge is 2.23. The number of benzene rings is 1. The maximum absolute atomic E-state index is 6.02. The second-order valence-corrected chi connectivity index (χ2v) is 8.24. The van der Waals surface area contributed by atoms with Crippen LogP contribution in [0.1, 0.15) is 39.3 Å². The fourth-order valence-electron chi connectivity index (χ4n) is 3.78. The number of hydrogen-bond donors (Lipinski definition) is 0. The molecule has 0 radical (unpaired) electrons. The molecule has 5 rings (SSSR count). The van der Waals surface area contributed by atoms with Crippen molar-refractivity contribution in [3.63, 3.8) is 0 Å². The Balaban J connectivity index is 1.64. The van der Waals surface area contributed by atoms with Gasteiger partial charge in [-0.1, -0.05) is 11.6 Å². The van der Waals surface area contributed by atoms with Crippen molar-refractivity contribution in [3.05, 3.63) is 47.9 Å². The lowest BCUT2D eigenvalue weighted by molar-refractivity contribution is -0.0365. The normalized spacial score (nSPS) is 16.8. The number of rotatable bonds is 5. The van der Waals surface area contributed by atoms with E-state index in [9.17, 15) is 0 Å². The van der Waals surface area contributed by atoms with Gasteiger partial charge >= 0.3 is 0 Å². The summed E-state index contributed by atoms with van der Waals surface area (Å²) in [5.74, 6) is 1.90. The van der Waals surface area contributed by atoms with Crippen LogP contribution in [0, 0.1) is 0 Å². The molecule has 0 N–H and O–H groups in total. The molecule has 1 atom stereocenters. The van der Waals surface area contributed by atoms with Crippen LogP contribution in [0.4, 0.5) is 0 Å². The van der Waals surface area contributed by atoms with Gasteiger partial charge < -0.3 is 9.47 Å². The first-order chi connectivity index (χ1) is 15.1. The van der Waals surface area contributed by atoms with Crippen LogP contribution in [0.5, 0.6) is 5.75 Å². The molecule has 0 amide bonds. The van der Waals surface area contributed by atoms with Gasteiger partial charge in [0.05, 0.1) is 29.0 Å². The third kappa shape index (κ3) is 4.00. The molecule has 31 heavy (non-hydrogen) atoms. The van der Waals surface area contributed by atoms with Crippen LogP contribution in [0.3, 0.4) is 0 Å². The second-order valence-electron chi connectivity index (χ2n) is 7.80.